The molecular weight excluding hydrogens is 443 g/mol. The number of guanidine groups is 1. The molecule has 8 heteroatoms. The lowest BCUT2D eigenvalue weighted by atomic mass is 10.1. The van der Waals surface area contributed by atoms with Gasteiger partial charge in [0, 0.05) is 6.54 Å². The van der Waals surface area contributed by atoms with E-state index in [1.807, 2.05) is 25.1 Å². The average molecular weight is 466 g/mol. The van der Waals surface area contributed by atoms with E-state index in [0.29, 0.717) is 19.6 Å². The molecule has 0 spiro atoms. The Hall–Kier alpha value is -2.36. The zero-order valence-electron chi connectivity index (χ0n) is 14.6. The van der Waals surface area contributed by atoms with Crippen LogP contribution in [0.1, 0.15) is 23.8 Å². The van der Waals surface area contributed by atoms with Crippen molar-refractivity contribution in [3.63, 3.8) is 0 Å². The zero-order valence-corrected chi connectivity index (χ0v) is 17.0. The number of aromatic nitrogens is 3. The quantitative estimate of drug-likeness (QED) is 0.318. The van der Waals surface area contributed by atoms with Gasteiger partial charge in [0.25, 0.3) is 0 Å². The standard InChI is InChI=1S/C18H22N6O.HI/c1-2-20-18(22-11-17-7-4-8-25-17)21-10-15-5-3-6-16(9-15)12-24-14-19-13-23-24;/h3-9,13-14H,2,10-12H2,1H3,(H2,20,21,22);1H. The van der Waals surface area contributed by atoms with Crippen LogP contribution in [-0.2, 0) is 19.6 Å². The number of hydrogen-bond donors (Lipinski definition) is 2. The fourth-order valence-corrected chi connectivity index (χ4v) is 2.42. The van der Waals surface area contributed by atoms with E-state index in [2.05, 4.69) is 43.9 Å². The third-order valence-electron chi connectivity index (χ3n) is 3.58. The number of nitrogens with one attached hydrogen (secondary N) is 2. The predicted octanol–water partition coefficient (Wildman–Crippen LogP) is 2.79. The van der Waals surface area contributed by atoms with Gasteiger partial charge in [-0.25, -0.2) is 14.7 Å². The number of benzene rings is 1. The zero-order chi connectivity index (χ0) is 17.3. The average Bonchev–Trinajstić information content (AvgIpc) is 3.31. The van der Waals surface area contributed by atoms with Crippen molar-refractivity contribution >= 4 is 29.9 Å². The molecule has 2 heterocycles. The second-order valence-electron chi connectivity index (χ2n) is 5.54. The number of rotatable bonds is 7. The summed E-state index contributed by atoms with van der Waals surface area (Å²) < 4.78 is 7.13. The summed E-state index contributed by atoms with van der Waals surface area (Å²) in [4.78, 5) is 8.61. The molecule has 2 aromatic heterocycles. The molecule has 26 heavy (non-hydrogen) atoms. The first-order chi connectivity index (χ1) is 12.3. The van der Waals surface area contributed by atoms with E-state index in [1.54, 1.807) is 23.6 Å². The lowest BCUT2D eigenvalue weighted by Gasteiger charge is -2.10. The summed E-state index contributed by atoms with van der Waals surface area (Å²) in [5, 5.41) is 10.6. The SMILES string of the molecule is CCNC(=NCc1cccc(Cn2cncn2)c1)NCc1ccco1.I. The molecule has 0 fully saturated rings. The van der Waals surface area contributed by atoms with Gasteiger partial charge in [0.2, 0.25) is 0 Å². The first kappa shape index (κ1) is 20.0. The van der Waals surface area contributed by atoms with Crippen molar-refractivity contribution in [3.8, 4) is 0 Å². The van der Waals surface area contributed by atoms with Gasteiger partial charge in [-0.05, 0) is 30.2 Å². The van der Waals surface area contributed by atoms with Gasteiger partial charge in [0.05, 0.1) is 25.9 Å². The Morgan fingerprint density at radius 2 is 2.08 bits per heavy atom. The summed E-state index contributed by atoms with van der Waals surface area (Å²) in [7, 11) is 0. The van der Waals surface area contributed by atoms with Crippen LogP contribution in [0.4, 0.5) is 0 Å². The third kappa shape index (κ3) is 6.17. The third-order valence-corrected chi connectivity index (χ3v) is 3.58. The van der Waals surface area contributed by atoms with Crippen LogP contribution in [0.3, 0.4) is 0 Å². The molecule has 3 aromatic rings. The topological polar surface area (TPSA) is 80.3 Å². The van der Waals surface area contributed by atoms with Crippen molar-refractivity contribution in [1.29, 1.82) is 0 Å². The molecule has 0 atom stereocenters. The normalized spacial score (nSPS) is 11.0. The van der Waals surface area contributed by atoms with Crippen molar-refractivity contribution in [1.82, 2.24) is 25.4 Å². The van der Waals surface area contributed by atoms with E-state index in [1.165, 1.54) is 5.56 Å². The Labute approximate surface area is 169 Å². The maximum atomic E-state index is 5.33. The highest BCUT2D eigenvalue weighted by atomic mass is 127. The van der Waals surface area contributed by atoms with E-state index in [9.17, 15) is 0 Å². The van der Waals surface area contributed by atoms with Gasteiger partial charge >= 0.3 is 0 Å². The molecule has 0 aliphatic rings. The number of nitrogens with zero attached hydrogens (tertiary/aromatic N) is 4. The molecule has 2 N–H and O–H groups in total. The molecule has 0 bridgehead atoms. The van der Waals surface area contributed by atoms with Gasteiger partial charge in [-0.1, -0.05) is 24.3 Å². The second-order valence-corrected chi connectivity index (χ2v) is 5.54. The largest absolute Gasteiger partial charge is 0.467 e. The smallest absolute Gasteiger partial charge is 0.191 e. The minimum Gasteiger partial charge on any atom is -0.467 e. The van der Waals surface area contributed by atoms with Crippen molar-refractivity contribution in [2.24, 2.45) is 4.99 Å². The Morgan fingerprint density at radius 1 is 1.19 bits per heavy atom. The molecule has 0 saturated carbocycles. The lowest BCUT2D eigenvalue weighted by Crippen LogP contribution is -2.36. The summed E-state index contributed by atoms with van der Waals surface area (Å²) in [6, 6.07) is 12.1. The van der Waals surface area contributed by atoms with Gasteiger partial charge in [-0.15, -0.1) is 24.0 Å². The minimum atomic E-state index is 0. The van der Waals surface area contributed by atoms with Crippen LogP contribution in [0.25, 0.3) is 0 Å². The van der Waals surface area contributed by atoms with Crippen molar-refractivity contribution in [2.45, 2.75) is 26.6 Å². The summed E-state index contributed by atoms with van der Waals surface area (Å²) >= 11 is 0. The summed E-state index contributed by atoms with van der Waals surface area (Å²) in [5.74, 6) is 1.64. The fraction of sp³-hybridized carbons (Fsp3) is 0.278. The van der Waals surface area contributed by atoms with E-state index >= 15 is 0 Å². The molecule has 0 aliphatic carbocycles. The number of halogens is 1. The van der Waals surface area contributed by atoms with Crippen molar-refractivity contribution in [2.75, 3.05) is 6.54 Å². The Morgan fingerprint density at radius 3 is 2.81 bits per heavy atom. The summed E-state index contributed by atoms with van der Waals surface area (Å²) in [6.45, 7) is 4.75. The molecule has 1 aromatic carbocycles. The van der Waals surface area contributed by atoms with Crippen LogP contribution in [0.15, 0.2) is 64.7 Å². The highest BCUT2D eigenvalue weighted by Gasteiger charge is 2.01. The van der Waals surface area contributed by atoms with Crippen molar-refractivity contribution < 1.29 is 4.42 Å². The molecule has 0 unspecified atom stereocenters. The van der Waals surface area contributed by atoms with Crippen LogP contribution in [0, 0.1) is 0 Å². The van der Waals surface area contributed by atoms with Gasteiger partial charge in [0.1, 0.15) is 18.4 Å². The van der Waals surface area contributed by atoms with E-state index < -0.39 is 0 Å². The Balaban J connectivity index is 0.00000243. The lowest BCUT2D eigenvalue weighted by molar-refractivity contribution is 0.501. The minimum absolute atomic E-state index is 0. The number of aliphatic imine (C=N–C) groups is 1. The maximum absolute atomic E-state index is 5.33. The molecule has 3 rings (SSSR count). The van der Waals surface area contributed by atoms with Crippen LogP contribution in [0.5, 0.6) is 0 Å². The van der Waals surface area contributed by atoms with Crippen LogP contribution < -0.4 is 10.6 Å². The predicted molar refractivity (Wildman–Crippen MR) is 111 cm³/mol. The first-order valence-electron chi connectivity index (χ1n) is 8.28. The molecule has 0 aliphatic heterocycles. The van der Waals surface area contributed by atoms with Gasteiger partial charge in [-0.3, -0.25) is 0 Å². The monoisotopic (exact) mass is 466 g/mol. The van der Waals surface area contributed by atoms with E-state index in [-0.39, 0.29) is 24.0 Å². The maximum Gasteiger partial charge on any atom is 0.191 e. The molecular formula is C18H23IN6O. The molecule has 138 valence electrons. The summed E-state index contributed by atoms with van der Waals surface area (Å²) in [6.07, 6.45) is 4.93. The van der Waals surface area contributed by atoms with Crippen molar-refractivity contribution in [3.05, 3.63) is 72.2 Å². The van der Waals surface area contributed by atoms with Gasteiger partial charge in [-0.2, -0.15) is 5.10 Å². The Kier molecular flexibility index (Phi) is 8.13. The Bertz CT molecular complexity index is 786. The van der Waals surface area contributed by atoms with Gasteiger partial charge in [0.15, 0.2) is 5.96 Å². The highest BCUT2D eigenvalue weighted by Crippen LogP contribution is 2.08. The number of hydrogen-bond acceptors (Lipinski definition) is 4. The summed E-state index contributed by atoms with van der Waals surface area (Å²) in [5.41, 5.74) is 2.32. The van der Waals surface area contributed by atoms with E-state index in [4.69, 9.17) is 4.42 Å². The van der Waals surface area contributed by atoms with Crippen LogP contribution in [-0.4, -0.2) is 27.3 Å². The van der Waals surface area contributed by atoms with Crippen LogP contribution >= 0.6 is 24.0 Å². The second kappa shape index (κ2) is 10.6. The molecule has 0 amide bonds. The molecule has 0 saturated heterocycles. The van der Waals surface area contributed by atoms with E-state index in [0.717, 1.165) is 23.8 Å². The molecule has 0 radical (unpaired) electrons. The van der Waals surface area contributed by atoms with Gasteiger partial charge < -0.3 is 15.1 Å². The highest BCUT2D eigenvalue weighted by molar-refractivity contribution is 14.0. The number of furan rings is 1. The first-order valence-corrected chi connectivity index (χ1v) is 8.28. The fourth-order valence-electron chi connectivity index (χ4n) is 2.42. The molecule has 7 nitrogen and oxygen atoms in total. The van der Waals surface area contributed by atoms with Crippen LogP contribution in [0.2, 0.25) is 0 Å².